The van der Waals surface area contributed by atoms with Crippen LogP contribution in [0.15, 0.2) is 46.9 Å². The summed E-state index contributed by atoms with van der Waals surface area (Å²) in [7, 11) is 0. The molecule has 0 saturated carbocycles. The van der Waals surface area contributed by atoms with Gasteiger partial charge in [0.2, 0.25) is 0 Å². The second kappa shape index (κ2) is 6.49. The molecule has 2 nitrogen and oxygen atoms in total. The lowest BCUT2D eigenvalue weighted by molar-refractivity contribution is -0.138. The standard InChI is InChI=1S/C15H13BrF3NO/c16-14-4-2-1-3-11(14)9-21-12-6-5-10(8-20)13(7-12)15(17,18)19/h1-7H,8-9,20H2. The van der Waals surface area contributed by atoms with E-state index in [0.29, 0.717) is 0 Å². The van der Waals surface area contributed by atoms with Crippen LogP contribution in [0.5, 0.6) is 5.75 Å². The predicted octanol–water partition coefficient (Wildman–Crippen LogP) is 4.51. The van der Waals surface area contributed by atoms with Crippen molar-refractivity contribution in [3.8, 4) is 5.75 Å². The van der Waals surface area contributed by atoms with Gasteiger partial charge in [0.25, 0.3) is 0 Å². The first-order valence-electron chi connectivity index (χ1n) is 6.18. The van der Waals surface area contributed by atoms with Crippen LogP contribution in [-0.2, 0) is 19.3 Å². The van der Waals surface area contributed by atoms with Crippen molar-refractivity contribution in [1.29, 1.82) is 0 Å². The molecule has 0 spiro atoms. The van der Waals surface area contributed by atoms with Crippen molar-refractivity contribution in [3.05, 3.63) is 63.6 Å². The van der Waals surface area contributed by atoms with Crippen LogP contribution in [-0.4, -0.2) is 0 Å². The number of ether oxygens (including phenoxy) is 1. The van der Waals surface area contributed by atoms with Crippen molar-refractivity contribution in [1.82, 2.24) is 0 Å². The Bertz CT molecular complexity index is 629. The van der Waals surface area contributed by atoms with Gasteiger partial charge in [0.05, 0.1) is 5.56 Å². The van der Waals surface area contributed by atoms with Crippen LogP contribution in [0.2, 0.25) is 0 Å². The first-order valence-corrected chi connectivity index (χ1v) is 6.97. The Hall–Kier alpha value is -1.53. The minimum Gasteiger partial charge on any atom is -0.489 e. The maximum atomic E-state index is 12.9. The van der Waals surface area contributed by atoms with E-state index >= 15 is 0 Å². The van der Waals surface area contributed by atoms with E-state index in [-0.39, 0.29) is 24.5 Å². The molecule has 0 aliphatic rings. The van der Waals surface area contributed by atoms with Crippen molar-refractivity contribution in [2.24, 2.45) is 5.73 Å². The first kappa shape index (κ1) is 15.9. The Balaban J connectivity index is 2.20. The SMILES string of the molecule is NCc1ccc(OCc2ccccc2Br)cc1C(F)(F)F. The molecule has 0 heterocycles. The third-order valence-electron chi connectivity index (χ3n) is 2.96. The van der Waals surface area contributed by atoms with Crippen LogP contribution in [0.1, 0.15) is 16.7 Å². The van der Waals surface area contributed by atoms with Gasteiger partial charge < -0.3 is 10.5 Å². The molecule has 0 amide bonds. The van der Waals surface area contributed by atoms with Gasteiger partial charge in [-0.15, -0.1) is 0 Å². The fraction of sp³-hybridized carbons (Fsp3) is 0.200. The zero-order valence-electron chi connectivity index (χ0n) is 11.0. The van der Waals surface area contributed by atoms with E-state index < -0.39 is 11.7 Å². The van der Waals surface area contributed by atoms with E-state index in [1.807, 2.05) is 24.3 Å². The zero-order chi connectivity index (χ0) is 15.5. The summed E-state index contributed by atoms with van der Waals surface area (Å²) in [5.74, 6) is 0.162. The fourth-order valence-electron chi connectivity index (χ4n) is 1.86. The van der Waals surface area contributed by atoms with E-state index in [4.69, 9.17) is 10.5 Å². The van der Waals surface area contributed by atoms with Gasteiger partial charge in [-0.3, -0.25) is 0 Å². The molecular formula is C15H13BrF3NO. The molecule has 0 bridgehead atoms. The van der Waals surface area contributed by atoms with Gasteiger partial charge in [-0.1, -0.05) is 40.2 Å². The minimum absolute atomic E-state index is 0.0516. The number of hydrogen-bond donors (Lipinski definition) is 1. The molecule has 0 atom stereocenters. The average molecular weight is 360 g/mol. The van der Waals surface area contributed by atoms with Gasteiger partial charge in [-0.25, -0.2) is 0 Å². The zero-order valence-corrected chi connectivity index (χ0v) is 12.5. The van der Waals surface area contributed by atoms with E-state index in [9.17, 15) is 13.2 Å². The van der Waals surface area contributed by atoms with Gasteiger partial charge in [0.1, 0.15) is 12.4 Å². The Kier molecular flexibility index (Phi) is 4.90. The molecule has 112 valence electrons. The molecule has 6 heteroatoms. The maximum Gasteiger partial charge on any atom is 0.416 e. The lowest BCUT2D eigenvalue weighted by Gasteiger charge is -2.14. The summed E-state index contributed by atoms with van der Waals surface area (Å²) in [4.78, 5) is 0. The Morgan fingerprint density at radius 1 is 1.05 bits per heavy atom. The molecule has 2 aromatic carbocycles. The highest BCUT2D eigenvalue weighted by molar-refractivity contribution is 9.10. The minimum atomic E-state index is -4.44. The van der Waals surface area contributed by atoms with Crippen molar-refractivity contribution < 1.29 is 17.9 Å². The number of benzene rings is 2. The maximum absolute atomic E-state index is 12.9. The largest absolute Gasteiger partial charge is 0.489 e. The predicted molar refractivity (Wildman–Crippen MR) is 77.8 cm³/mol. The van der Waals surface area contributed by atoms with Crippen LogP contribution < -0.4 is 10.5 Å². The molecule has 2 N–H and O–H groups in total. The Morgan fingerprint density at radius 3 is 2.38 bits per heavy atom. The van der Waals surface area contributed by atoms with Crippen molar-refractivity contribution in [2.75, 3.05) is 0 Å². The molecule has 21 heavy (non-hydrogen) atoms. The van der Waals surface area contributed by atoms with E-state index in [2.05, 4.69) is 15.9 Å². The smallest absolute Gasteiger partial charge is 0.416 e. The molecule has 0 saturated heterocycles. The van der Waals surface area contributed by atoms with Crippen LogP contribution in [0.3, 0.4) is 0 Å². The summed E-state index contributed by atoms with van der Waals surface area (Å²) in [5, 5.41) is 0. The van der Waals surface area contributed by atoms with Crippen LogP contribution in [0, 0.1) is 0 Å². The van der Waals surface area contributed by atoms with Crippen molar-refractivity contribution >= 4 is 15.9 Å². The van der Waals surface area contributed by atoms with E-state index in [0.717, 1.165) is 16.1 Å². The van der Waals surface area contributed by atoms with Crippen molar-refractivity contribution in [2.45, 2.75) is 19.3 Å². The van der Waals surface area contributed by atoms with Crippen LogP contribution >= 0.6 is 15.9 Å². The summed E-state index contributed by atoms with van der Waals surface area (Å²) in [6.45, 7) is 0.0139. The molecule has 0 unspecified atom stereocenters. The number of nitrogens with two attached hydrogens (primary N) is 1. The number of alkyl halides is 3. The van der Waals surface area contributed by atoms with Crippen molar-refractivity contribution in [3.63, 3.8) is 0 Å². The number of rotatable bonds is 4. The third kappa shape index (κ3) is 3.98. The number of hydrogen-bond acceptors (Lipinski definition) is 2. The first-order chi connectivity index (χ1) is 9.91. The summed E-state index contributed by atoms with van der Waals surface area (Å²) >= 11 is 3.36. The Labute approximate surface area is 128 Å². The molecule has 0 fully saturated rings. The highest BCUT2D eigenvalue weighted by atomic mass is 79.9. The van der Waals surface area contributed by atoms with Gasteiger partial charge >= 0.3 is 6.18 Å². The quantitative estimate of drug-likeness (QED) is 0.871. The summed E-state index contributed by atoms with van der Waals surface area (Å²) in [5.41, 5.74) is 5.49. The van der Waals surface area contributed by atoms with E-state index in [1.54, 1.807) is 0 Å². The summed E-state index contributed by atoms with van der Waals surface area (Å²) in [6.07, 6.45) is -4.44. The van der Waals surface area contributed by atoms with Crippen LogP contribution in [0.25, 0.3) is 0 Å². The molecule has 2 rings (SSSR count). The lowest BCUT2D eigenvalue weighted by Crippen LogP contribution is -2.12. The van der Waals surface area contributed by atoms with Gasteiger partial charge in [0.15, 0.2) is 0 Å². The lowest BCUT2D eigenvalue weighted by atomic mass is 10.1. The normalized spacial score (nSPS) is 11.5. The summed E-state index contributed by atoms with van der Waals surface area (Å²) in [6, 6.07) is 11.2. The van der Waals surface area contributed by atoms with Gasteiger partial charge in [-0.2, -0.15) is 13.2 Å². The average Bonchev–Trinajstić information content (AvgIpc) is 2.45. The highest BCUT2D eigenvalue weighted by Gasteiger charge is 2.33. The molecule has 0 radical (unpaired) electrons. The highest BCUT2D eigenvalue weighted by Crippen LogP contribution is 2.34. The topological polar surface area (TPSA) is 35.2 Å². The second-order valence-electron chi connectivity index (χ2n) is 4.40. The fourth-order valence-corrected chi connectivity index (χ4v) is 2.26. The monoisotopic (exact) mass is 359 g/mol. The third-order valence-corrected chi connectivity index (χ3v) is 3.73. The number of halogens is 4. The molecule has 0 aliphatic heterocycles. The summed E-state index contributed by atoms with van der Waals surface area (Å²) < 4.78 is 45.1. The van der Waals surface area contributed by atoms with Gasteiger partial charge in [-0.05, 0) is 23.8 Å². The van der Waals surface area contributed by atoms with Gasteiger partial charge in [0, 0.05) is 16.6 Å². The Morgan fingerprint density at radius 2 is 1.76 bits per heavy atom. The van der Waals surface area contributed by atoms with E-state index in [1.165, 1.54) is 12.1 Å². The van der Waals surface area contributed by atoms with Crippen LogP contribution in [0.4, 0.5) is 13.2 Å². The molecule has 2 aromatic rings. The second-order valence-corrected chi connectivity index (χ2v) is 5.26. The molecule has 0 aromatic heterocycles. The molecular weight excluding hydrogens is 347 g/mol. The molecule has 0 aliphatic carbocycles.